The number of ether oxygens (including phenoxy) is 2. The molecule has 1 N–H and O–H groups in total. The molecule has 0 spiro atoms. The average Bonchev–Trinajstić information content (AvgIpc) is 3.26. The highest BCUT2D eigenvalue weighted by molar-refractivity contribution is 5.78. The third kappa shape index (κ3) is 5.90. The van der Waals surface area contributed by atoms with Gasteiger partial charge in [0.15, 0.2) is 0 Å². The minimum absolute atomic E-state index is 0.0786. The molecule has 1 amide bonds. The lowest BCUT2D eigenvalue weighted by Gasteiger charge is -2.25. The molecule has 31 heavy (non-hydrogen) atoms. The number of imidazole rings is 1. The minimum atomic E-state index is -0.125. The fraction of sp³-hybridized carbons (Fsp3) is 0.348. The molecule has 1 aromatic carbocycles. The van der Waals surface area contributed by atoms with Gasteiger partial charge in [0.2, 0.25) is 5.91 Å². The zero-order valence-corrected chi connectivity index (χ0v) is 17.6. The zero-order chi connectivity index (χ0) is 21.5. The number of aromatic nitrogens is 3. The number of carbonyl (C=O) groups is 1. The van der Waals surface area contributed by atoms with Crippen LogP contribution in [-0.4, -0.2) is 63.5 Å². The van der Waals surface area contributed by atoms with Crippen molar-refractivity contribution in [2.24, 2.45) is 0 Å². The summed E-state index contributed by atoms with van der Waals surface area (Å²) < 4.78 is 11.5. The zero-order valence-electron chi connectivity index (χ0n) is 17.6. The van der Waals surface area contributed by atoms with Gasteiger partial charge in [0.1, 0.15) is 11.6 Å². The summed E-state index contributed by atoms with van der Waals surface area (Å²) in [6.45, 7) is 3.05. The van der Waals surface area contributed by atoms with Crippen molar-refractivity contribution in [2.45, 2.75) is 25.8 Å². The Kier molecular flexibility index (Phi) is 6.91. The topological polar surface area (TPSA) is 83.6 Å². The summed E-state index contributed by atoms with van der Waals surface area (Å²) in [6, 6.07) is 11.7. The van der Waals surface area contributed by atoms with Gasteiger partial charge in [-0.3, -0.25) is 14.7 Å². The number of carbonyl (C=O) groups excluding carboxylic acids is 1. The molecule has 1 atom stereocenters. The van der Waals surface area contributed by atoms with Gasteiger partial charge in [-0.1, -0.05) is 18.2 Å². The SMILES string of the molecule is COc1ccc(CN2C[C@@H](OCc3cccnc3)CN(Cc3ncc[nH]3)CC2=O)cc1. The van der Waals surface area contributed by atoms with Crippen molar-refractivity contribution in [3.63, 3.8) is 0 Å². The number of H-pyrrole nitrogens is 1. The summed E-state index contributed by atoms with van der Waals surface area (Å²) in [5.41, 5.74) is 2.07. The Morgan fingerprint density at radius 3 is 2.68 bits per heavy atom. The van der Waals surface area contributed by atoms with Gasteiger partial charge in [0.25, 0.3) is 0 Å². The van der Waals surface area contributed by atoms with Crippen molar-refractivity contribution >= 4 is 5.91 Å². The monoisotopic (exact) mass is 421 g/mol. The highest BCUT2D eigenvalue weighted by Crippen LogP contribution is 2.17. The van der Waals surface area contributed by atoms with E-state index in [4.69, 9.17) is 9.47 Å². The third-order valence-corrected chi connectivity index (χ3v) is 5.27. The summed E-state index contributed by atoms with van der Waals surface area (Å²) in [6.07, 6.45) is 6.94. The van der Waals surface area contributed by atoms with Gasteiger partial charge in [-0.15, -0.1) is 0 Å². The van der Waals surface area contributed by atoms with Crippen molar-refractivity contribution in [1.29, 1.82) is 0 Å². The van der Waals surface area contributed by atoms with Crippen LogP contribution in [0, 0.1) is 0 Å². The van der Waals surface area contributed by atoms with Crippen LogP contribution < -0.4 is 4.74 Å². The molecule has 8 heteroatoms. The Morgan fingerprint density at radius 1 is 1.10 bits per heavy atom. The van der Waals surface area contributed by atoms with E-state index in [0.717, 1.165) is 22.7 Å². The van der Waals surface area contributed by atoms with Crippen LogP contribution >= 0.6 is 0 Å². The molecular formula is C23H27N5O3. The maximum atomic E-state index is 13.1. The van der Waals surface area contributed by atoms with Crippen LogP contribution in [0.5, 0.6) is 5.75 Å². The van der Waals surface area contributed by atoms with Crippen LogP contribution in [0.2, 0.25) is 0 Å². The van der Waals surface area contributed by atoms with E-state index in [2.05, 4.69) is 19.9 Å². The number of aromatic amines is 1. The predicted molar refractivity (Wildman–Crippen MR) is 115 cm³/mol. The lowest BCUT2D eigenvalue weighted by atomic mass is 10.2. The molecule has 1 saturated heterocycles. The van der Waals surface area contributed by atoms with Crippen molar-refractivity contribution in [1.82, 2.24) is 24.8 Å². The van der Waals surface area contributed by atoms with E-state index in [1.54, 1.807) is 31.9 Å². The predicted octanol–water partition coefficient (Wildman–Crippen LogP) is 2.24. The Balaban J connectivity index is 1.47. The number of nitrogens with zero attached hydrogens (tertiary/aromatic N) is 4. The fourth-order valence-electron chi connectivity index (χ4n) is 3.67. The number of methoxy groups -OCH3 is 1. The maximum absolute atomic E-state index is 13.1. The van der Waals surface area contributed by atoms with E-state index in [9.17, 15) is 4.79 Å². The Hall–Kier alpha value is -3.23. The van der Waals surface area contributed by atoms with Gasteiger partial charge in [0, 0.05) is 44.4 Å². The molecular weight excluding hydrogens is 394 g/mol. The smallest absolute Gasteiger partial charge is 0.237 e. The van der Waals surface area contributed by atoms with Crippen molar-refractivity contribution < 1.29 is 14.3 Å². The molecule has 162 valence electrons. The van der Waals surface area contributed by atoms with Crippen LogP contribution in [0.4, 0.5) is 0 Å². The number of hydrogen-bond donors (Lipinski definition) is 1. The largest absolute Gasteiger partial charge is 0.497 e. The normalized spacial score (nSPS) is 17.5. The average molecular weight is 422 g/mol. The lowest BCUT2D eigenvalue weighted by molar-refractivity contribution is -0.132. The molecule has 3 heterocycles. The quantitative estimate of drug-likeness (QED) is 0.601. The second-order valence-electron chi connectivity index (χ2n) is 7.62. The van der Waals surface area contributed by atoms with Gasteiger partial charge in [-0.25, -0.2) is 4.98 Å². The van der Waals surface area contributed by atoms with Crippen LogP contribution in [0.15, 0.2) is 61.2 Å². The van der Waals surface area contributed by atoms with Gasteiger partial charge in [-0.05, 0) is 29.3 Å². The standard InChI is InChI=1S/C23H27N5O3/c1-30-20-6-4-18(5-7-20)12-28-14-21(31-17-19-3-2-8-24-11-19)13-27(16-23(28)29)15-22-25-9-10-26-22/h2-11,21H,12-17H2,1H3,(H,25,26)/t21-/m0/s1. The van der Waals surface area contributed by atoms with E-state index < -0.39 is 0 Å². The Labute approximate surface area is 181 Å². The number of benzene rings is 1. The molecule has 0 radical (unpaired) electrons. The van der Waals surface area contributed by atoms with E-state index in [-0.39, 0.29) is 12.0 Å². The van der Waals surface area contributed by atoms with Gasteiger partial charge >= 0.3 is 0 Å². The first kappa shape index (κ1) is 21.0. The van der Waals surface area contributed by atoms with E-state index in [1.165, 1.54) is 0 Å². The number of pyridine rings is 1. The summed E-state index contributed by atoms with van der Waals surface area (Å²) in [5.74, 6) is 1.71. The number of hydrogen-bond acceptors (Lipinski definition) is 6. The minimum Gasteiger partial charge on any atom is -0.497 e. The van der Waals surface area contributed by atoms with Crippen LogP contribution in [0.3, 0.4) is 0 Å². The summed E-state index contributed by atoms with van der Waals surface area (Å²) in [4.78, 5) is 28.6. The molecule has 4 rings (SSSR count). The first-order valence-electron chi connectivity index (χ1n) is 10.3. The Morgan fingerprint density at radius 2 is 1.97 bits per heavy atom. The van der Waals surface area contributed by atoms with Crippen molar-refractivity contribution in [2.75, 3.05) is 26.7 Å². The molecule has 0 bridgehead atoms. The first-order valence-corrected chi connectivity index (χ1v) is 10.3. The Bertz CT molecular complexity index is 947. The van der Waals surface area contributed by atoms with Gasteiger partial charge in [0.05, 0.1) is 32.9 Å². The number of rotatable bonds is 8. The summed E-state index contributed by atoms with van der Waals surface area (Å²) in [5, 5.41) is 0. The molecule has 0 aliphatic carbocycles. The van der Waals surface area contributed by atoms with Crippen LogP contribution in [0.1, 0.15) is 17.0 Å². The number of nitrogens with one attached hydrogen (secondary N) is 1. The molecule has 8 nitrogen and oxygen atoms in total. The molecule has 1 fully saturated rings. The van der Waals surface area contributed by atoms with Gasteiger partial charge < -0.3 is 19.4 Å². The van der Waals surface area contributed by atoms with Crippen molar-refractivity contribution in [3.8, 4) is 5.75 Å². The third-order valence-electron chi connectivity index (χ3n) is 5.27. The summed E-state index contributed by atoms with van der Waals surface area (Å²) >= 11 is 0. The maximum Gasteiger partial charge on any atom is 0.237 e. The van der Waals surface area contributed by atoms with E-state index >= 15 is 0 Å². The lowest BCUT2D eigenvalue weighted by Crippen LogP contribution is -2.37. The molecule has 0 unspecified atom stereocenters. The van der Waals surface area contributed by atoms with Crippen molar-refractivity contribution in [3.05, 3.63) is 78.1 Å². The fourth-order valence-corrected chi connectivity index (χ4v) is 3.67. The highest BCUT2D eigenvalue weighted by atomic mass is 16.5. The molecule has 1 aliphatic rings. The molecule has 2 aromatic heterocycles. The molecule has 1 aliphatic heterocycles. The number of amides is 1. The second-order valence-corrected chi connectivity index (χ2v) is 7.62. The molecule has 0 saturated carbocycles. The summed E-state index contributed by atoms with van der Waals surface area (Å²) in [7, 11) is 1.64. The van der Waals surface area contributed by atoms with Crippen LogP contribution in [-0.2, 0) is 29.2 Å². The van der Waals surface area contributed by atoms with Crippen LogP contribution in [0.25, 0.3) is 0 Å². The van der Waals surface area contributed by atoms with Gasteiger partial charge in [-0.2, -0.15) is 0 Å². The first-order chi connectivity index (χ1) is 15.2. The van der Waals surface area contributed by atoms with E-state index in [1.807, 2.05) is 41.3 Å². The molecule has 3 aromatic rings. The second kappa shape index (κ2) is 10.2. The highest BCUT2D eigenvalue weighted by Gasteiger charge is 2.29. The van der Waals surface area contributed by atoms with E-state index in [0.29, 0.717) is 39.3 Å².